The molecule has 0 aromatic heterocycles. The molecule has 0 unspecified atom stereocenters. The molecular formula is C21H24N4O4. The molecule has 1 saturated heterocycles. The van der Waals surface area contributed by atoms with Gasteiger partial charge in [-0.05, 0) is 51.0 Å². The Morgan fingerprint density at radius 3 is 2.41 bits per heavy atom. The van der Waals surface area contributed by atoms with Gasteiger partial charge in [-0.2, -0.15) is 0 Å². The summed E-state index contributed by atoms with van der Waals surface area (Å²) in [7, 11) is 0. The van der Waals surface area contributed by atoms with Gasteiger partial charge in [-0.15, -0.1) is 0 Å². The minimum absolute atomic E-state index is 0.0490. The molecule has 1 aliphatic heterocycles. The molecule has 0 saturated carbocycles. The third kappa shape index (κ3) is 4.71. The van der Waals surface area contributed by atoms with E-state index in [2.05, 4.69) is 10.6 Å². The first-order chi connectivity index (χ1) is 13.9. The molecule has 2 N–H and O–H groups in total. The van der Waals surface area contributed by atoms with Crippen molar-refractivity contribution in [3.8, 4) is 0 Å². The Hall–Kier alpha value is -3.42. The van der Waals surface area contributed by atoms with Gasteiger partial charge >= 0.3 is 0 Å². The second kappa shape index (κ2) is 8.72. The van der Waals surface area contributed by atoms with Crippen molar-refractivity contribution < 1.29 is 14.5 Å². The fourth-order valence-electron chi connectivity index (χ4n) is 3.36. The molecule has 1 aliphatic rings. The summed E-state index contributed by atoms with van der Waals surface area (Å²) in [4.78, 5) is 38.2. The lowest BCUT2D eigenvalue weighted by molar-refractivity contribution is -0.384. The molecule has 1 fully saturated rings. The van der Waals surface area contributed by atoms with Gasteiger partial charge in [0.15, 0.2) is 0 Å². The summed E-state index contributed by atoms with van der Waals surface area (Å²) in [5, 5.41) is 17.0. The Labute approximate surface area is 169 Å². The molecule has 3 rings (SSSR count). The molecular weight excluding hydrogens is 372 g/mol. The van der Waals surface area contributed by atoms with Crippen molar-refractivity contribution in [2.75, 3.05) is 23.3 Å². The number of hydrogen-bond donors (Lipinski definition) is 2. The van der Waals surface area contributed by atoms with Crippen LogP contribution in [0, 0.1) is 10.1 Å². The van der Waals surface area contributed by atoms with Gasteiger partial charge in [0.1, 0.15) is 5.69 Å². The van der Waals surface area contributed by atoms with E-state index >= 15 is 0 Å². The number of amides is 2. The maximum atomic E-state index is 12.7. The summed E-state index contributed by atoms with van der Waals surface area (Å²) in [5.74, 6) is -0.808. The number of anilines is 2. The molecule has 0 radical (unpaired) electrons. The SMILES string of the molecule is CC(C)NC(=O)c1ccccc1NC(=O)c1ccc(N2CCCC2)c([N+](=O)[O-])c1. The highest BCUT2D eigenvalue weighted by Gasteiger charge is 2.24. The van der Waals surface area contributed by atoms with E-state index in [1.165, 1.54) is 6.07 Å². The highest BCUT2D eigenvalue weighted by Crippen LogP contribution is 2.32. The molecule has 152 valence electrons. The number of benzene rings is 2. The third-order valence-corrected chi connectivity index (χ3v) is 4.72. The van der Waals surface area contributed by atoms with Gasteiger partial charge in [0.25, 0.3) is 17.5 Å². The van der Waals surface area contributed by atoms with Crippen molar-refractivity contribution in [1.29, 1.82) is 0 Å². The van der Waals surface area contributed by atoms with E-state index in [9.17, 15) is 19.7 Å². The van der Waals surface area contributed by atoms with Crippen molar-refractivity contribution in [3.05, 3.63) is 63.7 Å². The van der Waals surface area contributed by atoms with Crippen LogP contribution in [0.3, 0.4) is 0 Å². The summed E-state index contributed by atoms with van der Waals surface area (Å²) in [5.41, 5.74) is 1.28. The summed E-state index contributed by atoms with van der Waals surface area (Å²) >= 11 is 0. The molecule has 8 nitrogen and oxygen atoms in total. The van der Waals surface area contributed by atoms with E-state index < -0.39 is 10.8 Å². The lowest BCUT2D eigenvalue weighted by Gasteiger charge is -2.18. The van der Waals surface area contributed by atoms with Crippen molar-refractivity contribution in [1.82, 2.24) is 5.32 Å². The Balaban J connectivity index is 1.85. The van der Waals surface area contributed by atoms with E-state index in [0.29, 0.717) is 16.9 Å². The third-order valence-electron chi connectivity index (χ3n) is 4.72. The van der Waals surface area contributed by atoms with Crippen LogP contribution in [0.25, 0.3) is 0 Å². The molecule has 2 aromatic carbocycles. The Bertz CT molecular complexity index is 936. The quantitative estimate of drug-likeness (QED) is 0.574. The molecule has 0 spiro atoms. The highest BCUT2D eigenvalue weighted by molar-refractivity contribution is 6.09. The van der Waals surface area contributed by atoms with E-state index in [1.807, 2.05) is 18.7 Å². The molecule has 29 heavy (non-hydrogen) atoms. The van der Waals surface area contributed by atoms with E-state index in [-0.39, 0.29) is 23.2 Å². The van der Waals surface area contributed by atoms with Crippen LogP contribution in [0.5, 0.6) is 0 Å². The molecule has 0 bridgehead atoms. The van der Waals surface area contributed by atoms with E-state index in [1.54, 1.807) is 36.4 Å². The van der Waals surface area contributed by atoms with Crippen LogP contribution in [0.2, 0.25) is 0 Å². The maximum Gasteiger partial charge on any atom is 0.293 e. The number of nitro groups is 1. The van der Waals surface area contributed by atoms with Crippen molar-refractivity contribution in [2.45, 2.75) is 32.7 Å². The summed E-state index contributed by atoms with van der Waals surface area (Å²) in [6.07, 6.45) is 1.99. The number of carbonyl (C=O) groups is 2. The smallest absolute Gasteiger partial charge is 0.293 e. The Morgan fingerprint density at radius 1 is 1.07 bits per heavy atom. The summed E-state index contributed by atoms with van der Waals surface area (Å²) in [6.45, 7) is 5.23. The van der Waals surface area contributed by atoms with E-state index in [4.69, 9.17) is 0 Å². The first kappa shape index (κ1) is 20.3. The Morgan fingerprint density at radius 2 is 1.76 bits per heavy atom. The first-order valence-corrected chi connectivity index (χ1v) is 9.61. The van der Waals surface area contributed by atoms with Crippen LogP contribution in [-0.2, 0) is 0 Å². The van der Waals surface area contributed by atoms with Gasteiger partial charge in [0.2, 0.25) is 0 Å². The minimum Gasteiger partial charge on any atom is -0.366 e. The van der Waals surface area contributed by atoms with Crippen molar-refractivity contribution in [3.63, 3.8) is 0 Å². The fraction of sp³-hybridized carbons (Fsp3) is 0.333. The summed E-state index contributed by atoms with van der Waals surface area (Å²) in [6, 6.07) is 11.1. The van der Waals surface area contributed by atoms with Crippen LogP contribution < -0.4 is 15.5 Å². The fourth-order valence-corrected chi connectivity index (χ4v) is 3.36. The van der Waals surface area contributed by atoms with Gasteiger partial charge in [-0.1, -0.05) is 12.1 Å². The van der Waals surface area contributed by atoms with Crippen molar-refractivity contribution in [2.24, 2.45) is 0 Å². The predicted molar refractivity (Wildman–Crippen MR) is 112 cm³/mol. The monoisotopic (exact) mass is 396 g/mol. The second-order valence-corrected chi connectivity index (χ2v) is 7.28. The molecule has 2 aromatic rings. The average molecular weight is 396 g/mol. The zero-order valence-corrected chi connectivity index (χ0v) is 16.5. The van der Waals surface area contributed by atoms with Crippen LogP contribution in [0.1, 0.15) is 47.4 Å². The predicted octanol–water partition coefficient (Wildman–Crippen LogP) is 3.59. The maximum absolute atomic E-state index is 12.7. The van der Waals surface area contributed by atoms with Gasteiger partial charge in [0, 0.05) is 30.8 Å². The van der Waals surface area contributed by atoms with Gasteiger partial charge in [-0.3, -0.25) is 19.7 Å². The largest absolute Gasteiger partial charge is 0.366 e. The topological polar surface area (TPSA) is 105 Å². The Kier molecular flexibility index (Phi) is 6.11. The molecule has 1 heterocycles. The van der Waals surface area contributed by atoms with E-state index in [0.717, 1.165) is 25.9 Å². The standard InChI is InChI=1S/C21H24N4O4/c1-14(2)22-21(27)16-7-3-4-8-17(16)23-20(26)15-9-10-18(19(13-15)25(28)29)24-11-5-6-12-24/h3-4,7-10,13-14H,5-6,11-12H2,1-2H3,(H,22,27)(H,23,26). The molecule has 2 amide bonds. The van der Waals surface area contributed by atoms with Crippen LogP contribution in [0.15, 0.2) is 42.5 Å². The lowest BCUT2D eigenvalue weighted by Crippen LogP contribution is -2.31. The average Bonchev–Trinajstić information content (AvgIpc) is 3.22. The zero-order chi connectivity index (χ0) is 21.0. The number of nitrogens with one attached hydrogen (secondary N) is 2. The number of carbonyl (C=O) groups excluding carboxylic acids is 2. The van der Waals surface area contributed by atoms with Crippen LogP contribution >= 0.6 is 0 Å². The minimum atomic E-state index is -0.508. The molecule has 8 heteroatoms. The molecule has 0 atom stereocenters. The highest BCUT2D eigenvalue weighted by atomic mass is 16.6. The first-order valence-electron chi connectivity index (χ1n) is 9.61. The number of hydrogen-bond acceptors (Lipinski definition) is 5. The van der Waals surface area contributed by atoms with Crippen molar-refractivity contribution >= 4 is 28.9 Å². The van der Waals surface area contributed by atoms with Crippen LogP contribution in [0.4, 0.5) is 17.1 Å². The number of nitrogens with zero attached hydrogens (tertiary/aromatic N) is 2. The second-order valence-electron chi connectivity index (χ2n) is 7.28. The normalized spacial score (nSPS) is 13.4. The van der Waals surface area contributed by atoms with Gasteiger partial charge < -0.3 is 15.5 Å². The zero-order valence-electron chi connectivity index (χ0n) is 16.5. The number of rotatable bonds is 6. The molecule has 0 aliphatic carbocycles. The van der Waals surface area contributed by atoms with Crippen LogP contribution in [-0.4, -0.2) is 35.9 Å². The van der Waals surface area contributed by atoms with Gasteiger partial charge in [-0.25, -0.2) is 0 Å². The van der Waals surface area contributed by atoms with Gasteiger partial charge in [0.05, 0.1) is 16.2 Å². The summed E-state index contributed by atoms with van der Waals surface area (Å²) < 4.78 is 0. The number of para-hydroxylation sites is 1. The lowest BCUT2D eigenvalue weighted by atomic mass is 10.1. The number of nitro benzene ring substituents is 1.